The molecular formula is C15H10FINO2Y-. The summed E-state index contributed by atoms with van der Waals surface area (Å²) in [6.45, 7) is 0.0763. The number of terminal acetylenes is 1. The molecule has 2 aromatic rings. The average Bonchev–Trinajstić information content (AvgIpc) is 2.44. The maximum Gasteiger partial charge on any atom is 0.207 e. The van der Waals surface area contributed by atoms with E-state index in [-0.39, 0.29) is 50.4 Å². The molecule has 0 atom stereocenters. The van der Waals surface area contributed by atoms with Crippen LogP contribution >= 0.6 is 22.6 Å². The summed E-state index contributed by atoms with van der Waals surface area (Å²) in [5.41, 5.74) is 0.483. The van der Waals surface area contributed by atoms with E-state index in [9.17, 15) is 9.18 Å². The van der Waals surface area contributed by atoms with Crippen molar-refractivity contribution < 1.29 is 41.8 Å². The quantitative estimate of drug-likeness (QED) is 0.392. The zero-order valence-electron chi connectivity index (χ0n) is 11.2. The Morgan fingerprint density at radius 3 is 2.86 bits per heavy atom. The zero-order valence-corrected chi connectivity index (χ0v) is 16.2. The molecule has 0 spiro atoms. The van der Waals surface area contributed by atoms with E-state index in [2.05, 4.69) is 12.0 Å². The smallest absolute Gasteiger partial charge is 0.207 e. The molecule has 3 nitrogen and oxygen atoms in total. The van der Waals surface area contributed by atoms with Crippen LogP contribution in [-0.2, 0) is 39.8 Å². The van der Waals surface area contributed by atoms with Gasteiger partial charge in [0.25, 0.3) is 0 Å². The number of rotatable bonds is 3. The number of hydrogen-bond acceptors (Lipinski definition) is 2. The Hall–Kier alpha value is -0.706. The van der Waals surface area contributed by atoms with Crippen molar-refractivity contribution in [2.75, 3.05) is 6.61 Å². The average molecular weight is 471 g/mol. The van der Waals surface area contributed by atoms with Crippen molar-refractivity contribution in [1.82, 2.24) is 4.57 Å². The van der Waals surface area contributed by atoms with Gasteiger partial charge in [-0.15, -0.1) is 35.1 Å². The first-order valence-corrected chi connectivity index (χ1v) is 6.76. The van der Waals surface area contributed by atoms with Gasteiger partial charge in [-0.05, 0) is 9.64 Å². The molecule has 105 valence electrons. The Balaban J connectivity index is 0.00000220. The molecule has 0 unspecified atom stereocenters. The normalized spacial score (nSPS) is 9.62. The number of benzene rings is 1. The summed E-state index contributed by atoms with van der Waals surface area (Å²) in [5, 5.41) is 0. The molecule has 6 heteroatoms. The predicted molar refractivity (Wildman–Crippen MR) is 83.0 cm³/mol. The van der Waals surface area contributed by atoms with E-state index in [0.717, 1.165) is 0 Å². The van der Waals surface area contributed by atoms with Crippen LogP contribution in [0.5, 0.6) is 5.75 Å². The van der Waals surface area contributed by atoms with Crippen molar-refractivity contribution in [1.29, 1.82) is 0 Å². The molecule has 1 heterocycles. The van der Waals surface area contributed by atoms with Crippen LogP contribution in [0.25, 0.3) is 11.3 Å². The van der Waals surface area contributed by atoms with Gasteiger partial charge < -0.3 is 9.30 Å². The van der Waals surface area contributed by atoms with Gasteiger partial charge in [-0.3, -0.25) is 4.79 Å². The molecule has 0 bridgehead atoms. The number of hydrogen-bond donors (Lipinski definition) is 0. The van der Waals surface area contributed by atoms with Gasteiger partial charge in [-0.25, -0.2) is 4.39 Å². The second kappa shape index (κ2) is 8.07. The molecule has 1 radical (unpaired) electrons. The minimum absolute atomic E-state index is 0. The number of halogens is 2. The van der Waals surface area contributed by atoms with E-state index >= 15 is 0 Å². The van der Waals surface area contributed by atoms with Crippen LogP contribution in [0.4, 0.5) is 4.39 Å². The van der Waals surface area contributed by atoms with Crippen molar-refractivity contribution in [3.05, 3.63) is 50.1 Å². The number of nitrogens with zero attached hydrogens (tertiary/aromatic N) is 1. The van der Waals surface area contributed by atoms with E-state index in [1.54, 1.807) is 25.2 Å². The van der Waals surface area contributed by atoms with E-state index in [1.165, 1.54) is 10.6 Å². The number of pyridine rings is 1. The first kappa shape index (κ1) is 18.3. The van der Waals surface area contributed by atoms with Gasteiger partial charge in [0, 0.05) is 45.8 Å². The van der Waals surface area contributed by atoms with Crippen molar-refractivity contribution >= 4 is 22.6 Å². The molecule has 1 aromatic heterocycles. The zero-order chi connectivity index (χ0) is 14.7. The van der Waals surface area contributed by atoms with Gasteiger partial charge in [0.2, 0.25) is 5.56 Å². The summed E-state index contributed by atoms with van der Waals surface area (Å²) >= 11 is 1.92. The molecule has 1 aromatic carbocycles. The minimum Gasteiger partial charge on any atom is -0.481 e. The van der Waals surface area contributed by atoms with Crippen LogP contribution < -0.4 is 10.3 Å². The summed E-state index contributed by atoms with van der Waals surface area (Å²) in [4.78, 5) is 11.8. The Morgan fingerprint density at radius 2 is 2.24 bits per heavy atom. The molecule has 0 saturated heterocycles. The van der Waals surface area contributed by atoms with Crippen molar-refractivity contribution in [2.45, 2.75) is 0 Å². The summed E-state index contributed by atoms with van der Waals surface area (Å²) in [6.07, 6.45) is 5.07. The van der Waals surface area contributed by atoms with Crippen LogP contribution in [0.1, 0.15) is 0 Å². The topological polar surface area (TPSA) is 31.2 Å². The monoisotopic (exact) mass is 471 g/mol. The fourth-order valence-electron chi connectivity index (χ4n) is 1.71. The molecule has 0 N–H and O–H groups in total. The third kappa shape index (κ3) is 4.15. The van der Waals surface area contributed by atoms with Crippen LogP contribution in [-0.4, -0.2) is 11.2 Å². The van der Waals surface area contributed by atoms with E-state index < -0.39 is 5.82 Å². The molecule has 0 aliphatic carbocycles. The molecule has 21 heavy (non-hydrogen) atoms. The first-order valence-electron chi connectivity index (χ1n) is 5.68. The van der Waals surface area contributed by atoms with Crippen molar-refractivity contribution in [3.8, 4) is 29.4 Å². The van der Waals surface area contributed by atoms with E-state index in [0.29, 0.717) is 15.0 Å². The Morgan fingerprint density at radius 1 is 1.52 bits per heavy atom. The minimum atomic E-state index is -0.494. The molecule has 0 aliphatic heterocycles. The molecule has 0 amide bonds. The Labute approximate surface area is 160 Å². The summed E-state index contributed by atoms with van der Waals surface area (Å²) in [6, 6.07) is 8.83. The molecule has 2 rings (SSSR count). The van der Waals surface area contributed by atoms with Crippen molar-refractivity contribution in [2.24, 2.45) is 7.05 Å². The largest absolute Gasteiger partial charge is 0.481 e. The van der Waals surface area contributed by atoms with Gasteiger partial charge in [-0.1, -0.05) is 17.2 Å². The molecule has 0 saturated carbocycles. The Bertz CT molecular complexity index is 752. The van der Waals surface area contributed by atoms with Gasteiger partial charge in [0.05, 0.1) is 5.82 Å². The molecule has 0 aliphatic rings. The number of ether oxygens (including phenoxy) is 1. The van der Waals surface area contributed by atoms with Gasteiger partial charge in [0.15, 0.2) is 0 Å². The first-order chi connectivity index (χ1) is 9.54. The van der Waals surface area contributed by atoms with Crippen LogP contribution in [0.15, 0.2) is 29.1 Å². The molecular weight excluding hydrogens is 461 g/mol. The maximum absolute atomic E-state index is 14.1. The fraction of sp³-hybridized carbons (Fsp3) is 0.133. The standard InChI is InChI=1S/C15H10FINO2.Y/c1-3-8-20-10-4-5-11(12(16)9-10)14-7-6-13(17)15(19)18(14)2;/h1,4-6,9H,8H2,2H3;/q-1;. The fourth-order valence-corrected chi connectivity index (χ4v) is 2.23. The van der Waals surface area contributed by atoms with Crippen LogP contribution in [0.3, 0.4) is 0 Å². The van der Waals surface area contributed by atoms with Crippen LogP contribution in [0.2, 0.25) is 0 Å². The van der Waals surface area contributed by atoms with Crippen LogP contribution in [0, 0.1) is 27.8 Å². The third-order valence-corrected chi connectivity index (χ3v) is 3.47. The van der Waals surface area contributed by atoms with Gasteiger partial charge in [-0.2, -0.15) is 12.1 Å². The van der Waals surface area contributed by atoms with Gasteiger partial charge >= 0.3 is 0 Å². The molecule has 0 fully saturated rings. The second-order valence-corrected chi connectivity index (χ2v) is 5.15. The predicted octanol–water partition coefficient (Wildman–Crippen LogP) is 2.61. The summed E-state index contributed by atoms with van der Waals surface area (Å²) in [5.74, 6) is 2.16. The Kier molecular flexibility index (Phi) is 7.05. The van der Waals surface area contributed by atoms with E-state index in [4.69, 9.17) is 11.2 Å². The number of aromatic nitrogens is 1. The van der Waals surface area contributed by atoms with Crippen molar-refractivity contribution in [3.63, 3.8) is 0 Å². The SMILES string of the molecule is C#CCOc1ccc(-c2[c-]cc(I)c(=O)n2C)c(F)c1.[Y]. The van der Waals surface area contributed by atoms with Gasteiger partial charge in [0.1, 0.15) is 12.4 Å². The second-order valence-electron chi connectivity index (χ2n) is 3.98. The maximum atomic E-state index is 14.1. The summed E-state index contributed by atoms with van der Waals surface area (Å²) in [7, 11) is 1.58. The third-order valence-electron chi connectivity index (χ3n) is 2.70. The summed E-state index contributed by atoms with van der Waals surface area (Å²) < 4.78 is 21.1. The van der Waals surface area contributed by atoms with E-state index in [1.807, 2.05) is 22.6 Å².